The lowest BCUT2D eigenvalue weighted by Gasteiger charge is -2.32. The number of hydrogen-bond donors (Lipinski definition) is 1. The van der Waals surface area contributed by atoms with Crippen LogP contribution in [-0.2, 0) is 0 Å². The molecule has 1 fully saturated rings. The monoisotopic (exact) mass is 424 g/mol. The number of aliphatic imine (C=N–C) groups is 1. The van der Waals surface area contributed by atoms with Crippen molar-refractivity contribution in [2.24, 2.45) is 16.8 Å². The highest BCUT2D eigenvalue weighted by Crippen LogP contribution is 2.23. The smallest absolute Gasteiger partial charge is 0.193 e. The summed E-state index contributed by atoms with van der Waals surface area (Å²) in [5.41, 5.74) is 0.0950. The number of nitrogens with one attached hydrogen (secondary N) is 1. The van der Waals surface area contributed by atoms with Crippen molar-refractivity contribution in [1.82, 2.24) is 15.1 Å². The van der Waals surface area contributed by atoms with Crippen molar-refractivity contribution in [3.63, 3.8) is 0 Å². The molecule has 0 aliphatic carbocycles. The number of likely N-dealkylation sites (N-methyl/N-ethyl adjacent to an activating group) is 1. The summed E-state index contributed by atoms with van der Waals surface area (Å²) in [5.74, 6) is 2.72. The van der Waals surface area contributed by atoms with Crippen LogP contribution < -0.4 is 5.32 Å². The molecule has 0 radical (unpaired) electrons. The Kier molecular flexibility index (Phi) is 9.94. The zero-order valence-electron chi connectivity index (χ0n) is 15.6. The Morgan fingerprint density at radius 3 is 2.50 bits per heavy atom. The lowest BCUT2D eigenvalue weighted by Crippen LogP contribution is -2.44. The standard InChI is InChI=1S/C17H36N4.HI/c1-8-18-16(19-13-17(4,5)20(6)7)21-10-9-15(12-21)11-14(2)3;/h14-15H,8-13H2,1-7H3,(H,18,19);1H. The molecule has 0 bridgehead atoms. The van der Waals surface area contributed by atoms with Gasteiger partial charge in [-0.2, -0.15) is 0 Å². The Hall–Kier alpha value is -0.0400. The highest BCUT2D eigenvalue weighted by atomic mass is 127. The zero-order valence-corrected chi connectivity index (χ0v) is 18.0. The molecule has 1 aliphatic rings. The van der Waals surface area contributed by atoms with E-state index in [1.807, 2.05) is 0 Å². The molecule has 0 spiro atoms. The summed E-state index contributed by atoms with van der Waals surface area (Å²) in [6, 6.07) is 0. The summed E-state index contributed by atoms with van der Waals surface area (Å²) >= 11 is 0. The van der Waals surface area contributed by atoms with Crippen molar-refractivity contribution in [3.05, 3.63) is 0 Å². The van der Waals surface area contributed by atoms with Crippen LogP contribution in [0.4, 0.5) is 0 Å². The van der Waals surface area contributed by atoms with Gasteiger partial charge in [0, 0.05) is 25.2 Å². The van der Waals surface area contributed by atoms with Crippen molar-refractivity contribution in [2.75, 3.05) is 40.3 Å². The number of nitrogens with zero attached hydrogens (tertiary/aromatic N) is 3. The largest absolute Gasteiger partial charge is 0.357 e. The molecule has 0 amide bonds. The van der Waals surface area contributed by atoms with Crippen molar-refractivity contribution < 1.29 is 0 Å². The Labute approximate surface area is 155 Å². The Bertz CT molecular complexity index is 340. The predicted octanol–water partition coefficient (Wildman–Crippen LogP) is 3.28. The van der Waals surface area contributed by atoms with Gasteiger partial charge in [-0.25, -0.2) is 0 Å². The van der Waals surface area contributed by atoms with E-state index >= 15 is 0 Å². The molecule has 132 valence electrons. The molecule has 1 saturated heterocycles. The maximum absolute atomic E-state index is 4.89. The summed E-state index contributed by atoms with van der Waals surface area (Å²) in [7, 11) is 4.24. The van der Waals surface area contributed by atoms with Crippen molar-refractivity contribution in [2.45, 2.75) is 53.0 Å². The van der Waals surface area contributed by atoms with Gasteiger partial charge in [0.2, 0.25) is 0 Å². The number of hydrogen-bond acceptors (Lipinski definition) is 2. The molecule has 1 aliphatic heterocycles. The number of halogens is 1. The van der Waals surface area contributed by atoms with E-state index < -0.39 is 0 Å². The first-order valence-electron chi connectivity index (χ1n) is 8.47. The normalized spacial score (nSPS) is 19.8. The molecule has 5 heteroatoms. The molecule has 0 saturated carbocycles. The van der Waals surface area contributed by atoms with E-state index in [2.05, 4.69) is 63.8 Å². The van der Waals surface area contributed by atoms with Crippen LogP contribution in [0.5, 0.6) is 0 Å². The molecule has 1 N–H and O–H groups in total. The van der Waals surface area contributed by atoms with Gasteiger partial charge in [0.15, 0.2) is 5.96 Å². The Balaban J connectivity index is 0.00000441. The summed E-state index contributed by atoms with van der Waals surface area (Å²) in [6.07, 6.45) is 2.64. The van der Waals surface area contributed by atoms with Gasteiger partial charge in [0.05, 0.1) is 6.54 Å². The van der Waals surface area contributed by atoms with Crippen LogP contribution >= 0.6 is 24.0 Å². The maximum atomic E-state index is 4.89. The van der Waals surface area contributed by atoms with Gasteiger partial charge in [0.1, 0.15) is 0 Å². The Morgan fingerprint density at radius 1 is 1.36 bits per heavy atom. The van der Waals surface area contributed by atoms with Crippen LogP contribution in [0.25, 0.3) is 0 Å². The van der Waals surface area contributed by atoms with E-state index in [0.717, 1.165) is 44.0 Å². The SMILES string of the molecule is CCNC(=NCC(C)(C)N(C)C)N1CCC(CC(C)C)C1.I. The molecule has 1 atom stereocenters. The molecular formula is C17H37IN4. The van der Waals surface area contributed by atoms with E-state index in [1.165, 1.54) is 12.8 Å². The molecule has 22 heavy (non-hydrogen) atoms. The first kappa shape index (κ1) is 22.0. The molecule has 1 heterocycles. The van der Waals surface area contributed by atoms with Crippen LogP contribution in [-0.4, -0.2) is 61.6 Å². The highest BCUT2D eigenvalue weighted by Gasteiger charge is 2.26. The van der Waals surface area contributed by atoms with Gasteiger partial charge in [-0.1, -0.05) is 13.8 Å². The minimum Gasteiger partial charge on any atom is -0.357 e. The number of guanidine groups is 1. The third-order valence-electron chi connectivity index (χ3n) is 4.55. The second-order valence-electron chi connectivity index (χ2n) is 7.61. The average Bonchev–Trinajstić information content (AvgIpc) is 2.81. The maximum Gasteiger partial charge on any atom is 0.193 e. The number of likely N-dealkylation sites (tertiary alicyclic amines) is 1. The third kappa shape index (κ3) is 7.02. The summed E-state index contributed by atoms with van der Waals surface area (Å²) < 4.78 is 0. The van der Waals surface area contributed by atoms with Crippen molar-refractivity contribution in [3.8, 4) is 0 Å². The van der Waals surface area contributed by atoms with E-state index in [9.17, 15) is 0 Å². The molecule has 0 aromatic rings. The van der Waals surface area contributed by atoms with Gasteiger partial charge < -0.3 is 15.1 Å². The molecule has 0 aromatic heterocycles. The third-order valence-corrected chi connectivity index (χ3v) is 4.55. The van der Waals surface area contributed by atoms with Gasteiger partial charge >= 0.3 is 0 Å². The molecular weight excluding hydrogens is 387 g/mol. The first-order chi connectivity index (χ1) is 9.76. The van der Waals surface area contributed by atoms with Gasteiger partial charge in [-0.15, -0.1) is 24.0 Å². The summed E-state index contributed by atoms with van der Waals surface area (Å²) in [5, 5.41) is 3.47. The minimum absolute atomic E-state index is 0. The van der Waals surface area contributed by atoms with E-state index in [4.69, 9.17) is 4.99 Å². The molecule has 1 unspecified atom stereocenters. The highest BCUT2D eigenvalue weighted by molar-refractivity contribution is 14.0. The van der Waals surface area contributed by atoms with Gasteiger partial charge in [-0.3, -0.25) is 4.99 Å². The molecule has 0 aromatic carbocycles. The fourth-order valence-corrected chi connectivity index (χ4v) is 2.72. The van der Waals surface area contributed by atoms with Gasteiger partial charge in [-0.05, 0) is 59.5 Å². The second kappa shape index (κ2) is 9.96. The minimum atomic E-state index is 0. The second-order valence-corrected chi connectivity index (χ2v) is 7.61. The quantitative estimate of drug-likeness (QED) is 0.403. The first-order valence-corrected chi connectivity index (χ1v) is 8.47. The number of rotatable bonds is 6. The summed E-state index contributed by atoms with van der Waals surface area (Å²) in [6.45, 7) is 15.3. The molecule has 4 nitrogen and oxygen atoms in total. The zero-order chi connectivity index (χ0) is 16.0. The Morgan fingerprint density at radius 2 is 2.00 bits per heavy atom. The lowest BCUT2D eigenvalue weighted by molar-refractivity contribution is 0.204. The molecule has 1 rings (SSSR count). The fourth-order valence-electron chi connectivity index (χ4n) is 2.72. The summed E-state index contributed by atoms with van der Waals surface area (Å²) in [4.78, 5) is 9.58. The van der Waals surface area contributed by atoms with Crippen LogP contribution in [0.15, 0.2) is 4.99 Å². The van der Waals surface area contributed by atoms with E-state index in [0.29, 0.717) is 0 Å². The van der Waals surface area contributed by atoms with Crippen LogP contribution in [0.2, 0.25) is 0 Å². The van der Waals surface area contributed by atoms with Crippen LogP contribution in [0, 0.1) is 11.8 Å². The average molecular weight is 424 g/mol. The topological polar surface area (TPSA) is 30.9 Å². The fraction of sp³-hybridized carbons (Fsp3) is 0.941. The van der Waals surface area contributed by atoms with Crippen LogP contribution in [0.3, 0.4) is 0 Å². The van der Waals surface area contributed by atoms with E-state index in [1.54, 1.807) is 0 Å². The van der Waals surface area contributed by atoms with Gasteiger partial charge in [0.25, 0.3) is 0 Å². The predicted molar refractivity (Wildman–Crippen MR) is 108 cm³/mol. The van der Waals surface area contributed by atoms with Crippen molar-refractivity contribution in [1.29, 1.82) is 0 Å². The van der Waals surface area contributed by atoms with Crippen molar-refractivity contribution >= 4 is 29.9 Å². The van der Waals surface area contributed by atoms with Crippen LogP contribution in [0.1, 0.15) is 47.5 Å². The van der Waals surface area contributed by atoms with E-state index in [-0.39, 0.29) is 29.5 Å². The lowest BCUT2D eigenvalue weighted by atomic mass is 9.97.